The number of aliphatic hydroxyl groups excluding tert-OH is 1. The van der Waals surface area contributed by atoms with Crippen LogP contribution in [0.5, 0.6) is 0 Å². The van der Waals surface area contributed by atoms with E-state index in [9.17, 15) is 19.5 Å². The van der Waals surface area contributed by atoms with E-state index in [0.29, 0.717) is 53.9 Å². The molecular formula is C47H68N2O8. The topological polar surface area (TPSA) is 127 Å². The highest BCUT2D eigenvalue weighted by Crippen LogP contribution is 2.60. The van der Waals surface area contributed by atoms with Gasteiger partial charge in [0.1, 0.15) is 24.4 Å². The number of allylic oxidation sites excluding steroid dienone is 1. The molecule has 1 unspecified atom stereocenters. The van der Waals surface area contributed by atoms with Gasteiger partial charge in [-0.05, 0) is 106 Å². The van der Waals surface area contributed by atoms with E-state index in [0.717, 1.165) is 76.2 Å². The van der Waals surface area contributed by atoms with Crippen LogP contribution in [0.1, 0.15) is 153 Å². The Labute approximate surface area is 340 Å². The largest absolute Gasteiger partial charge is 0.456 e. The standard InChI is InChI=1S/C47H68N2O8/c1-6-8-10-21-47(22-11-9-7-2)55-39-29-34(43(52)49-25-12-13-37(49)42(51)48-24-26-50)28-38(41(39)57-47)54-44(53)32-16-14-31(15-17-32)27-33-18-19-40-46(5,56-40)23-20-36-35(33)30-45(36,3)4/h14-17,27,29,35-41,50H,6-13,18-26,28,30H2,1-5H3,(H,48,51)/t35-,36-,37-,38-,39-,40?,41+,46-/m1/s1. The van der Waals surface area contributed by atoms with Crippen molar-refractivity contribution in [1.29, 1.82) is 0 Å². The van der Waals surface area contributed by atoms with Crippen molar-refractivity contribution in [2.24, 2.45) is 17.3 Å². The first kappa shape index (κ1) is 42.1. The summed E-state index contributed by atoms with van der Waals surface area (Å²) in [6, 6.07) is 7.11. The third kappa shape index (κ3) is 9.24. The Morgan fingerprint density at radius 3 is 2.39 bits per heavy atom. The average molecular weight is 789 g/mol. The molecular weight excluding hydrogens is 721 g/mol. The fraction of sp³-hybridized carbons (Fsp3) is 0.723. The number of unbranched alkanes of at least 4 members (excludes halogenated alkanes) is 4. The van der Waals surface area contributed by atoms with Crippen molar-refractivity contribution in [3.8, 4) is 0 Å². The van der Waals surface area contributed by atoms with Gasteiger partial charge >= 0.3 is 5.97 Å². The molecule has 57 heavy (non-hydrogen) atoms. The number of ether oxygens (including phenoxy) is 4. The maximum atomic E-state index is 14.2. The molecule has 2 amide bonds. The first-order chi connectivity index (χ1) is 27.4. The fourth-order valence-electron chi connectivity index (χ4n) is 10.7. The first-order valence-electron chi connectivity index (χ1n) is 22.3. The summed E-state index contributed by atoms with van der Waals surface area (Å²) in [6.07, 6.45) is 17.4. The second-order valence-corrected chi connectivity index (χ2v) is 18.7. The van der Waals surface area contributed by atoms with Crippen molar-refractivity contribution in [2.75, 3.05) is 19.7 Å². The Morgan fingerprint density at radius 1 is 0.965 bits per heavy atom. The van der Waals surface area contributed by atoms with Crippen LogP contribution in [-0.4, -0.2) is 89.3 Å². The highest BCUT2D eigenvalue weighted by Gasteiger charge is 2.56. The second-order valence-electron chi connectivity index (χ2n) is 18.7. The number of rotatable bonds is 15. The predicted molar refractivity (Wildman–Crippen MR) is 219 cm³/mol. The van der Waals surface area contributed by atoms with Crippen LogP contribution >= 0.6 is 0 Å². The number of esters is 1. The van der Waals surface area contributed by atoms with E-state index in [1.54, 1.807) is 4.90 Å². The number of aliphatic hydroxyl groups is 1. The van der Waals surface area contributed by atoms with Crippen LogP contribution in [0.4, 0.5) is 0 Å². The number of nitrogens with zero attached hydrogens (tertiary/aromatic N) is 1. The molecule has 2 saturated carbocycles. The summed E-state index contributed by atoms with van der Waals surface area (Å²) in [5, 5.41) is 12.0. The molecule has 1 aromatic carbocycles. The van der Waals surface area contributed by atoms with Gasteiger partial charge in [-0.2, -0.15) is 0 Å². The number of carbonyl (C=O) groups is 3. The van der Waals surface area contributed by atoms with Gasteiger partial charge < -0.3 is 34.3 Å². The third-order valence-electron chi connectivity index (χ3n) is 14.2. The van der Waals surface area contributed by atoms with Crippen molar-refractivity contribution in [2.45, 2.75) is 179 Å². The predicted octanol–water partition coefficient (Wildman–Crippen LogP) is 8.06. The average Bonchev–Trinajstić information content (AvgIpc) is 3.48. The van der Waals surface area contributed by atoms with Gasteiger partial charge in [-0.1, -0.05) is 77.2 Å². The molecule has 3 saturated heterocycles. The number of nitrogens with one attached hydrogen (secondary N) is 1. The first-order valence-corrected chi connectivity index (χ1v) is 22.3. The van der Waals surface area contributed by atoms with Gasteiger partial charge in [0.25, 0.3) is 0 Å². The molecule has 0 bridgehead atoms. The van der Waals surface area contributed by atoms with Crippen molar-refractivity contribution in [1.82, 2.24) is 10.2 Å². The third-order valence-corrected chi connectivity index (χ3v) is 14.2. The van der Waals surface area contributed by atoms with Gasteiger partial charge in [0, 0.05) is 37.9 Å². The Bertz CT molecular complexity index is 1660. The van der Waals surface area contributed by atoms with Gasteiger partial charge in [-0.25, -0.2) is 4.79 Å². The van der Waals surface area contributed by atoms with Gasteiger partial charge in [-0.15, -0.1) is 0 Å². The Morgan fingerprint density at radius 2 is 1.70 bits per heavy atom. The lowest BCUT2D eigenvalue weighted by atomic mass is 9.52. The molecule has 0 spiro atoms. The van der Waals surface area contributed by atoms with E-state index < -0.39 is 36.1 Å². The second kappa shape index (κ2) is 17.7. The molecule has 0 radical (unpaired) electrons. The summed E-state index contributed by atoms with van der Waals surface area (Å²) in [5.74, 6) is -0.540. The Hall–Kier alpha value is -3.05. The van der Waals surface area contributed by atoms with Crippen molar-refractivity contribution >= 4 is 23.9 Å². The summed E-state index contributed by atoms with van der Waals surface area (Å²) in [7, 11) is 0. The number of amides is 2. The highest BCUT2D eigenvalue weighted by atomic mass is 16.8. The lowest BCUT2D eigenvalue weighted by molar-refractivity contribution is -0.190. The van der Waals surface area contributed by atoms with E-state index in [2.05, 4.69) is 46.0 Å². The zero-order chi connectivity index (χ0) is 40.4. The van der Waals surface area contributed by atoms with Gasteiger partial charge in [0.2, 0.25) is 11.8 Å². The lowest BCUT2D eigenvalue weighted by Crippen LogP contribution is -2.49. The quantitative estimate of drug-likeness (QED) is 0.104. The zero-order valence-electron chi connectivity index (χ0n) is 35.2. The summed E-state index contributed by atoms with van der Waals surface area (Å²) in [5.41, 5.74) is 3.89. The molecule has 8 atom stereocenters. The molecule has 2 N–H and O–H groups in total. The van der Waals surface area contributed by atoms with Gasteiger partial charge in [-0.3, -0.25) is 9.59 Å². The van der Waals surface area contributed by atoms with E-state index >= 15 is 0 Å². The number of hydrogen-bond donors (Lipinski definition) is 2. The van der Waals surface area contributed by atoms with Crippen LogP contribution in [0.25, 0.3) is 6.08 Å². The molecule has 314 valence electrons. The summed E-state index contributed by atoms with van der Waals surface area (Å²) >= 11 is 0. The Kier molecular flexibility index (Phi) is 13.0. The smallest absolute Gasteiger partial charge is 0.338 e. The SMILES string of the molecule is CCCCCC1(CCCCC)O[C@@H]2[C@@H](C=C(C(=O)N3CCC[C@@H]3C(=O)NCCO)C[C@H]2OC(=O)c2ccc(C=C3CCC4O[C@]4(C)CC[C@@H]4[C@@H]3CC4(C)C)cc2)O1. The molecule has 1 aromatic rings. The van der Waals surface area contributed by atoms with Crippen LogP contribution in [-0.2, 0) is 28.5 Å². The minimum absolute atomic E-state index is 0.0465. The van der Waals surface area contributed by atoms with Crippen LogP contribution in [0.15, 0.2) is 41.5 Å². The summed E-state index contributed by atoms with van der Waals surface area (Å²) in [6.45, 7) is 11.9. The molecule has 3 aliphatic carbocycles. The number of likely N-dealkylation sites (tertiary alicyclic amines) is 1. The molecule has 3 aliphatic heterocycles. The summed E-state index contributed by atoms with van der Waals surface area (Å²) in [4.78, 5) is 42.8. The molecule has 6 aliphatic rings. The number of epoxide rings is 1. The van der Waals surface area contributed by atoms with E-state index in [1.165, 1.54) is 18.4 Å². The van der Waals surface area contributed by atoms with Crippen LogP contribution in [0.3, 0.4) is 0 Å². The van der Waals surface area contributed by atoms with E-state index in [1.807, 2.05) is 30.3 Å². The minimum Gasteiger partial charge on any atom is -0.456 e. The maximum Gasteiger partial charge on any atom is 0.338 e. The molecule has 10 heteroatoms. The van der Waals surface area contributed by atoms with Crippen molar-refractivity contribution in [3.63, 3.8) is 0 Å². The van der Waals surface area contributed by atoms with E-state index in [-0.39, 0.29) is 37.0 Å². The van der Waals surface area contributed by atoms with Crippen LogP contribution in [0.2, 0.25) is 0 Å². The van der Waals surface area contributed by atoms with E-state index in [4.69, 9.17) is 18.9 Å². The number of carbonyl (C=O) groups excluding carboxylic acids is 3. The van der Waals surface area contributed by atoms with Crippen LogP contribution in [0, 0.1) is 17.3 Å². The minimum atomic E-state index is -0.816. The zero-order valence-corrected chi connectivity index (χ0v) is 35.2. The molecule has 0 aromatic heterocycles. The van der Waals surface area contributed by atoms with Gasteiger partial charge in [0.15, 0.2) is 5.79 Å². The summed E-state index contributed by atoms with van der Waals surface area (Å²) < 4.78 is 26.2. The Balaban J connectivity index is 1.09. The fourth-order valence-corrected chi connectivity index (χ4v) is 10.7. The lowest BCUT2D eigenvalue weighted by Gasteiger charge is -2.53. The van der Waals surface area contributed by atoms with Gasteiger partial charge in [0.05, 0.1) is 23.9 Å². The molecule has 5 fully saturated rings. The molecule has 10 nitrogen and oxygen atoms in total. The van der Waals surface area contributed by atoms with Crippen molar-refractivity contribution < 1.29 is 38.4 Å². The number of hydrogen-bond acceptors (Lipinski definition) is 8. The number of benzene rings is 1. The van der Waals surface area contributed by atoms with Crippen molar-refractivity contribution in [3.05, 3.63) is 52.6 Å². The monoisotopic (exact) mass is 788 g/mol. The molecule has 7 rings (SSSR count). The number of fused-ring (bicyclic) bond motifs is 3. The van der Waals surface area contributed by atoms with Crippen LogP contribution < -0.4 is 5.32 Å². The highest BCUT2D eigenvalue weighted by molar-refractivity contribution is 5.98. The molecule has 3 heterocycles. The maximum absolute atomic E-state index is 14.2. The normalized spacial score (nSPS) is 33.1.